The molecule has 1 aliphatic carbocycles. The SMILES string of the molecule is O=C1NC(C2C=CC=C2)=CC(c2ccc(F)cc2)N1. The molecule has 1 aromatic rings. The Morgan fingerprint density at radius 2 is 1.74 bits per heavy atom. The standard InChI is InChI=1S/C15H13FN2O/c16-12-7-5-11(6-8-12)14-9-13(17-15(19)18-14)10-3-1-2-4-10/h1-10,14H,(H2,17,18,19). The second-order valence-electron chi connectivity index (χ2n) is 4.55. The minimum Gasteiger partial charge on any atom is -0.327 e. The van der Waals surface area contributed by atoms with Crippen LogP contribution in [-0.2, 0) is 0 Å². The number of urea groups is 1. The Labute approximate surface area is 110 Å². The average molecular weight is 256 g/mol. The fraction of sp³-hybridized carbons (Fsp3) is 0.133. The van der Waals surface area contributed by atoms with Crippen LogP contribution in [0.5, 0.6) is 0 Å². The maximum atomic E-state index is 12.9. The maximum absolute atomic E-state index is 12.9. The molecular weight excluding hydrogens is 243 g/mol. The highest BCUT2D eigenvalue weighted by molar-refractivity contribution is 5.78. The van der Waals surface area contributed by atoms with Gasteiger partial charge in [-0.2, -0.15) is 0 Å². The molecule has 0 aromatic heterocycles. The van der Waals surface area contributed by atoms with Crippen molar-refractivity contribution in [3.8, 4) is 0 Å². The molecule has 0 saturated heterocycles. The van der Waals surface area contributed by atoms with Crippen molar-refractivity contribution >= 4 is 6.03 Å². The number of amides is 2. The van der Waals surface area contributed by atoms with Gasteiger partial charge in [-0.05, 0) is 23.8 Å². The first kappa shape index (κ1) is 11.7. The van der Waals surface area contributed by atoms with Gasteiger partial charge in [-0.3, -0.25) is 0 Å². The minimum absolute atomic E-state index is 0.106. The number of carbonyl (C=O) groups is 1. The van der Waals surface area contributed by atoms with Gasteiger partial charge in [-0.25, -0.2) is 9.18 Å². The molecule has 1 atom stereocenters. The van der Waals surface area contributed by atoms with E-state index in [4.69, 9.17) is 0 Å². The van der Waals surface area contributed by atoms with Gasteiger partial charge in [0.25, 0.3) is 0 Å². The first-order valence-corrected chi connectivity index (χ1v) is 6.12. The van der Waals surface area contributed by atoms with E-state index in [2.05, 4.69) is 10.6 Å². The zero-order valence-electron chi connectivity index (χ0n) is 10.1. The van der Waals surface area contributed by atoms with Gasteiger partial charge in [-0.1, -0.05) is 36.4 Å². The van der Waals surface area contributed by atoms with E-state index in [0.717, 1.165) is 11.3 Å². The van der Waals surface area contributed by atoms with Crippen molar-refractivity contribution in [2.24, 2.45) is 5.92 Å². The summed E-state index contributed by atoms with van der Waals surface area (Å²) in [7, 11) is 0. The summed E-state index contributed by atoms with van der Waals surface area (Å²) < 4.78 is 12.9. The molecule has 0 fully saturated rings. The minimum atomic E-state index is -0.283. The molecule has 0 spiro atoms. The zero-order chi connectivity index (χ0) is 13.2. The predicted octanol–water partition coefficient (Wildman–Crippen LogP) is 2.81. The van der Waals surface area contributed by atoms with E-state index in [1.807, 2.05) is 30.4 Å². The van der Waals surface area contributed by atoms with Gasteiger partial charge in [0.05, 0.1) is 6.04 Å². The van der Waals surface area contributed by atoms with Crippen LogP contribution in [0.1, 0.15) is 11.6 Å². The Balaban J connectivity index is 1.90. The van der Waals surface area contributed by atoms with Crippen LogP contribution in [0.4, 0.5) is 9.18 Å². The van der Waals surface area contributed by atoms with Crippen LogP contribution in [0.15, 0.2) is 60.3 Å². The van der Waals surface area contributed by atoms with Crippen LogP contribution in [-0.4, -0.2) is 6.03 Å². The molecule has 1 unspecified atom stereocenters. The van der Waals surface area contributed by atoms with Gasteiger partial charge in [0.1, 0.15) is 5.82 Å². The Morgan fingerprint density at radius 3 is 2.42 bits per heavy atom. The molecule has 2 N–H and O–H groups in total. The number of hydrogen-bond acceptors (Lipinski definition) is 1. The highest BCUT2D eigenvalue weighted by atomic mass is 19.1. The monoisotopic (exact) mass is 256 g/mol. The summed E-state index contributed by atoms with van der Waals surface area (Å²) in [6.07, 6.45) is 9.89. The molecule has 3 nitrogen and oxygen atoms in total. The smallest absolute Gasteiger partial charge is 0.319 e. The summed E-state index contributed by atoms with van der Waals surface area (Å²) >= 11 is 0. The largest absolute Gasteiger partial charge is 0.327 e. The lowest BCUT2D eigenvalue weighted by Gasteiger charge is -2.25. The zero-order valence-corrected chi connectivity index (χ0v) is 10.1. The second-order valence-corrected chi connectivity index (χ2v) is 4.55. The number of nitrogens with one attached hydrogen (secondary N) is 2. The van der Waals surface area contributed by atoms with Crippen molar-refractivity contribution < 1.29 is 9.18 Å². The third kappa shape index (κ3) is 2.42. The summed E-state index contributed by atoms with van der Waals surface area (Å²) in [5, 5.41) is 5.61. The van der Waals surface area contributed by atoms with Crippen molar-refractivity contribution in [2.45, 2.75) is 6.04 Å². The highest BCUT2D eigenvalue weighted by Gasteiger charge is 2.23. The number of rotatable bonds is 2. The molecule has 19 heavy (non-hydrogen) atoms. The van der Waals surface area contributed by atoms with E-state index in [9.17, 15) is 9.18 Å². The fourth-order valence-electron chi connectivity index (χ4n) is 2.25. The Hall–Kier alpha value is -2.36. The molecule has 2 aliphatic rings. The molecule has 1 aliphatic heterocycles. The van der Waals surface area contributed by atoms with E-state index in [1.165, 1.54) is 12.1 Å². The quantitative estimate of drug-likeness (QED) is 0.839. The number of hydrogen-bond donors (Lipinski definition) is 2. The predicted molar refractivity (Wildman–Crippen MR) is 70.7 cm³/mol. The number of allylic oxidation sites excluding steroid dienone is 3. The maximum Gasteiger partial charge on any atom is 0.319 e. The lowest BCUT2D eigenvalue weighted by Crippen LogP contribution is -2.42. The van der Waals surface area contributed by atoms with E-state index in [0.29, 0.717) is 0 Å². The Morgan fingerprint density at radius 1 is 1.05 bits per heavy atom. The summed E-state index contributed by atoms with van der Waals surface area (Å²) in [6, 6.07) is 5.69. The van der Waals surface area contributed by atoms with Crippen LogP contribution in [0.25, 0.3) is 0 Å². The molecule has 4 heteroatoms. The summed E-state index contributed by atoms with van der Waals surface area (Å²) in [6.45, 7) is 0. The van der Waals surface area contributed by atoms with E-state index < -0.39 is 0 Å². The van der Waals surface area contributed by atoms with Crippen molar-refractivity contribution in [1.29, 1.82) is 0 Å². The Kier molecular flexibility index (Phi) is 2.91. The molecule has 96 valence electrons. The summed E-state index contributed by atoms with van der Waals surface area (Å²) in [5.74, 6) is -0.177. The molecule has 2 amide bonds. The van der Waals surface area contributed by atoms with Gasteiger partial charge < -0.3 is 10.6 Å². The van der Waals surface area contributed by atoms with Crippen LogP contribution in [0.2, 0.25) is 0 Å². The first-order valence-electron chi connectivity index (χ1n) is 6.12. The van der Waals surface area contributed by atoms with Gasteiger partial charge in [0.15, 0.2) is 0 Å². The highest BCUT2D eigenvalue weighted by Crippen LogP contribution is 2.25. The molecule has 0 saturated carbocycles. The fourth-order valence-corrected chi connectivity index (χ4v) is 2.25. The average Bonchev–Trinajstić information content (AvgIpc) is 2.93. The first-order chi connectivity index (χ1) is 9.22. The van der Waals surface area contributed by atoms with E-state index in [-0.39, 0.29) is 23.8 Å². The molecule has 1 heterocycles. The summed E-state index contributed by atoms with van der Waals surface area (Å²) in [4.78, 5) is 11.7. The lowest BCUT2D eigenvalue weighted by atomic mass is 9.99. The number of carbonyl (C=O) groups excluding carboxylic acids is 1. The van der Waals surface area contributed by atoms with Crippen LogP contribution in [0.3, 0.4) is 0 Å². The second kappa shape index (κ2) is 4.72. The van der Waals surface area contributed by atoms with Gasteiger partial charge in [0, 0.05) is 11.6 Å². The molecule has 3 rings (SSSR count). The third-order valence-corrected chi connectivity index (χ3v) is 3.23. The van der Waals surface area contributed by atoms with Crippen molar-refractivity contribution in [2.75, 3.05) is 0 Å². The topological polar surface area (TPSA) is 41.1 Å². The van der Waals surface area contributed by atoms with Crippen LogP contribution < -0.4 is 10.6 Å². The van der Waals surface area contributed by atoms with Crippen molar-refractivity contribution in [3.05, 3.63) is 71.7 Å². The van der Waals surface area contributed by atoms with E-state index in [1.54, 1.807) is 12.1 Å². The number of halogens is 1. The molecular formula is C15H13FN2O. The lowest BCUT2D eigenvalue weighted by molar-refractivity contribution is 0.238. The van der Waals surface area contributed by atoms with Crippen molar-refractivity contribution in [3.63, 3.8) is 0 Å². The van der Waals surface area contributed by atoms with Gasteiger partial charge in [0.2, 0.25) is 0 Å². The number of benzene rings is 1. The van der Waals surface area contributed by atoms with Crippen LogP contribution in [0, 0.1) is 11.7 Å². The van der Waals surface area contributed by atoms with Gasteiger partial charge in [-0.15, -0.1) is 0 Å². The van der Waals surface area contributed by atoms with Crippen molar-refractivity contribution in [1.82, 2.24) is 10.6 Å². The third-order valence-electron chi connectivity index (χ3n) is 3.23. The van der Waals surface area contributed by atoms with Gasteiger partial charge >= 0.3 is 6.03 Å². The summed E-state index contributed by atoms with van der Waals surface area (Å²) in [5.41, 5.74) is 1.71. The molecule has 0 bridgehead atoms. The molecule has 0 radical (unpaired) electrons. The van der Waals surface area contributed by atoms with E-state index >= 15 is 0 Å². The molecule has 1 aromatic carbocycles. The van der Waals surface area contributed by atoms with Crippen LogP contribution >= 0.6 is 0 Å². The Bertz CT molecular complexity index is 575. The normalized spacial score (nSPS) is 22.1.